The normalized spacial score (nSPS) is 10.3. The Balaban J connectivity index is 2.06. The molecule has 0 radical (unpaired) electrons. The van der Waals surface area contributed by atoms with Gasteiger partial charge in [0.2, 0.25) is 0 Å². The van der Waals surface area contributed by atoms with Crippen molar-refractivity contribution < 1.29 is 14.3 Å². The Morgan fingerprint density at radius 1 is 1.05 bits per heavy atom. The number of hydrogen-bond acceptors (Lipinski definition) is 3. The van der Waals surface area contributed by atoms with Crippen molar-refractivity contribution in [1.82, 2.24) is 0 Å². The Hall–Kier alpha value is -1.33. The highest BCUT2D eigenvalue weighted by Crippen LogP contribution is 2.27. The van der Waals surface area contributed by atoms with Gasteiger partial charge in [-0.2, -0.15) is 0 Å². The van der Waals surface area contributed by atoms with E-state index < -0.39 is 0 Å². The first kappa shape index (κ1) is 16.0. The summed E-state index contributed by atoms with van der Waals surface area (Å²) in [5, 5.41) is 0. The van der Waals surface area contributed by atoms with Crippen molar-refractivity contribution in [1.29, 1.82) is 0 Å². The number of benzene rings is 2. The Morgan fingerprint density at radius 2 is 1.71 bits per heavy atom. The van der Waals surface area contributed by atoms with Crippen LogP contribution in [0.5, 0.6) is 11.5 Å². The quantitative estimate of drug-likeness (QED) is 0.661. The fourth-order valence-corrected chi connectivity index (χ4v) is 2.94. The largest absolute Gasteiger partial charge is 0.496 e. The average Bonchev–Trinajstić information content (AvgIpc) is 2.46. The second-order valence-electron chi connectivity index (χ2n) is 4.50. The van der Waals surface area contributed by atoms with Crippen molar-refractivity contribution in [2.75, 3.05) is 13.7 Å². The van der Waals surface area contributed by atoms with Crippen LogP contribution in [0.25, 0.3) is 0 Å². The molecular formula is C16H14Br2O3. The number of ether oxygens (including phenoxy) is 2. The maximum Gasteiger partial charge on any atom is 0.200 e. The van der Waals surface area contributed by atoms with Crippen LogP contribution in [-0.4, -0.2) is 19.5 Å². The van der Waals surface area contributed by atoms with Crippen molar-refractivity contribution >= 4 is 37.6 Å². The summed E-state index contributed by atoms with van der Waals surface area (Å²) in [6, 6.07) is 10.9. The number of hydrogen-bond donors (Lipinski definition) is 0. The SMILES string of the molecule is COc1ccc(C(=O)COc2ccc(C)cc2Br)cc1Br. The van der Waals surface area contributed by atoms with E-state index in [0.29, 0.717) is 17.1 Å². The first-order valence-corrected chi connectivity index (χ1v) is 7.85. The molecule has 0 aliphatic carbocycles. The van der Waals surface area contributed by atoms with E-state index in [0.717, 1.165) is 14.5 Å². The lowest BCUT2D eigenvalue weighted by atomic mass is 10.1. The molecule has 2 rings (SSSR count). The van der Waals surface area contributed by atoms with Crippen LogP contribution in [-0.2, 0) is 0 Å². The monoisotopic (exact) mass is 412 g/mol. The Kier molecular flexibility index (Phi) is 5.42. The molecule has 2 aromatic carbocycles. The Labute approximate surface area is 140 Å². The van der Waals surface area contributed by atoms with Crippen molar-refractivity contribution in [3.8, 4) is 11.5 Å². The molecule has 0 spiro atoms. The van der Waals surface area contributed by atoms with Crippen molar-refractivity contribution in [2.24, 2.45) is 0 Å². The number of halogens is 2. The zero-order valence-electron chi connectivity index (χ0n) is 11.7. The third-order valence-corrected chi connectivity index (χ3v) is 4.16. The van der Waals surface area contributed by atoms with E-state index in [1.807, 2.05) is 25.1 Å². The number of ketones is 1. The van der Waals surface area contributed by atoms with Crippen LogP contribution in [0.15, 0.2) is 45.3 Å². The maximum absolute atomic E-state index is 12.1. The van der Waals surface area contributed by atoms with E-state index in [4.69, 9.17) is 9.47 Å². The van der Waals surface area contributed by atoms with Gasteiger partial charge in [0.05, 0.1) is 16.1 Å². The molecule has 3 nitrogen and oxygen atoms in total. The summed E-state index contributed by atoms with van der Waals surface area (Å²) < 4.78 is 12.3. The van der Waals surface area contributed by atoms with Gasteiger partial charge in [-0.05, 0) is 74.7 Å². The zero-order valence-corrected chi connectivity index (χ0v) is 14.8. The number of Topliss-reactive ketones (excluding diaryl/α,β-unsaturated/α-hetero) is 1. The topological polar surface area (TPSA) is 35.5 Å². The zero-order chi connectivity index (χ0) is 15.4. The van der Waals surface area contributed by atoms with E-state index in [9.17, 15) is 4.79 Å². The molecule has 0 amide bonds. The van der Waals surface area contributed by atoms with Crippen LogP contribution in [0.2, 0.25) is 0 Å². The molecule has 0 aromatic heterocycles. The van der Waals surface area contributed by atoms with E-state index in [2.05, 4.69) is 31.9 Å². The highest BCUT2D eigenvalue weighted by atomic mass is 79.9. The second-order valence-corrected chi connectivity index (χ2v) is 6.20. The van der Waals surface area contributed by atoms with Gasteiger partial charge in [0.1, 0.15) is 11.5 Å². The molecule has 0 saturated heterocycles. The Morgan fingerprint density at radius 3 is 2.33 bits per heavy atom. The molecule has 0 N–H and O–H groups in total. The molecule has 21 heavy (non-hydrogen) atoms. The first-order chi connectivity index (χ1) is 10.0. The first-order valence-electron chi connectivity index (χ1n) is 6.27. The van der Waals surface area contributed by atoms with Gasteiger partial charge in [-0.1, -0.05) is 6.07 Å². The van der Waals surface area contributed by atoms with E-state index in [1.165, 1.54) is 0 Å². The molecule has 5 heteroatoms. The van der Waals surface area contributed by atoms with Gasteiger partial charge in [0.25, 0.3) is 0 Å². The summed E-state index contributed by atoms with van der Waals surface area (Å²) in [6.07, 6.45) is 0. The van der Waals surface area contributed by atoms with Gasteiger partial charge in [-0.15, -0.1) is 0 Å². The summed E-state index contributed by atoms with van der Waals surface area (Å²) in [4.78, 5) is 12.1. The summed E-state index contributed by atoms with van der Waals surface area (Å²) in [5.41, 5.74) is 1.70. The van der Waals surface area contributed by atoms with Gasteiger partial charge in [0, 0.05) is 5.56 Å². The molecule has 0 aliphatic heterocycles. The minimum atomic E-state index is -0.0918. The van der Waals surface area contributed by atoms with Gasteiger partial charge in [0.15, 0.2) is 12.4 Å². The maximum atomic E-state index is 12.1. The molecule has 110 valence electrons. The summed E-state index contributed by atoms with van der Waals surface area (Å²) in [6.45, 7) is 1.98. The molecule has 0 heterocycles. The summed E-state index contributed by atoms with van der Waals surface area (Å²) >= 11 is 6.79. The van der Waals surface area contributed by atoms with Crippen LogP contribution < -0.4 is 9.47 Å². The van der Waals surface area contributed by atoms with Crippen molar-refractivity contribution in [2.45, 2.75) is 6.92 Å². The van der Waals surface area contributed by atoms with Crippen molar-refractivity contribution in [3.63, 3.8) is 0 Å². The average molecular weight is 414 g/mol. The molecule has 0 atom stereocenters. The number of carbonyl (C=O) groups is 1. The van der Waals surface area contributed by atoms with Crippen molar-refractivity contribution in [3.05, 3.63) is 56.5 Å². The third kappa shape index (κ3) is 4.08. The number of carbonyl (C=O) groups excluding carboxylic acids is 1. The van der Waals surface area contributed by atoms with Crippen LogP contribution in [0.3, 0.4) is 0 Å². The Bertz CT molecular complexity index is 669. The molecule has 0 bridgehead atoms. The van der Waals surface area contributed by atoms with Crippen LogP contribution >= 0.6 is 31.9 Å². The second kappa shape index (κ2) is 7.09. The summed E-state index contributed by atoms with van der Waals surface area (Å²) in [7, 11) is 1.58. The number of rotatable bonds is 5. The lowest BCUT2D eigenvalue weighted by Gasteiger charge is -2.09. The van der Waals surface area contributed by atoms with Gasteiger partial charge < -0.3 is 9.47 Å². The highest BCUT2D eigenvalue weighted by Gasteiger charge is 2.11. The van der Waals surface area contributed by atoms with Crippen LogP contribution in [0, 0.1) is 6.92 Å². The van der Waals surface area contributed by atoms with Crippen LogP contribution in [0.1, 0.15) is 15.9 Å². The predicted molar refractivity (Wildman–Crippen MR) is 89.4 cm³/mol. The predicted octanol–water partition coefficient (Wildman–Crippen LogP) is 4.79. The lowest BCUT2D eigenvalue weighted by molar-refractivity contribution is 0.0921. The number of aryl methyl sites for hydroxylation is 1. The van der Waals surface area contributed by atoms with E-state index in [-0.39, 0.29) is 12.4 Å². The standard InChI is InChI=1S/C16H14Br2O3/c1-10-3-5-16(12(17)7-10)21-9-14(19)11-4-6-15(20-2)13(18)8-11/h3-8H,9H2,1-2H3. The minimum absolute atomic E-state index is 0.0135. The molecule has 0 aliphatic rings. The molecular weight excluding hydrogens is 400 g/mol. The van der Waals surface area contributed by atoms with Gasteiger partial charge >= 0.3 is 0 Å². The number of methoxy groups -OCH3 is 1. The smallest absolute Gasteiger partial charge is 0.200 e. The summed E-state index contributed by atoms with van der Waals surface area (Å²) in [5.74, 6) is 1.25. The highest BCUT2D eigenvalue weighted by molar-refractivity contribution is 9.10. The van der Waals surface area contributed by atoms with E-state index >= 15 is 0 Å². The minimum Gasteiger partial charge on any atom is -0.496 e. The lowest BCUT2D eigenvalue weighted by Crippen LogP contribution is -2.12. The van der Waals surface area contributed by atoms with Gasteiger partial charge in [-0.25, -0.2) is 0 Å². The van der Waals surface area contributed by atoms with Crippen LogP contribution in [0.4, 0.5) is 0 Å². The fraction of sp³-hybridized carbons (Fsp3) is 0.188. The third-order valence-electron chi connectivity index (χ3n) is 2.92. The molecule has 0 fully saturated rings. The molecule has 0 unspecified atom stereocenters. The van der Waals surface area contributed by atoms with Gasteiger partial charge in [-0.3, -0.25) is 4.79 Å². The molecule has 0 saturated carbocycles. The fourth-order valence-electron chi connectivity index (χ4n) is 1.79. The van der Waals surface area contributed by atoms with E-state index in [1.54, 1.807) is 25.3 Å². The molecule has 2 aromatic rings.